The Morgan fingerprint density at radius 3 is 2.69 bits per heavy atom. The summed E-state index contributed by atoms with van der Waals surface area (Å²) in [4.78, 5) is 10.7. The van der Waals surface area contributed by atoms with Gasteiger partial charge in [0.05, 0.1) is 13.5 Å². The van der Waals surface area contributed by atoms with Crippen molar-refractivity contribution in [1.82, 2.24) is 0 Å². The zero-order valence-corrected chi connectivity index (χ0v) is 9.99. The molecule has 0 bridgehead atoms. The van der Waals surface area contributed by atoms with Crippen molar-refractivity contribution >= 4 is 5.97 Å². The van der Waals surface area contributed by atoms with Crippen LogP contribution in [0.1, 0.15) is 37.3 Å². The third-order valence-electron chi connectivity index (χ3n) is 2.83. The molecule has 1 N–H and O–H groups in total. The lowest BCUT2D eigenvalue weighted by molar-refractivity contribution is -0.136. The van der Waals surface area contributed by atoms with Gasteiger partial charge in [-0.1, -0.05) is 26.0 Å². The van der Waals surface area contributed by atoms with Crippen LogP contribution < -0.4 is 4.74 Å². The van der Waals surface area contributed by atoms with E-state index in [-0.39, 0.29) is 6.42 Å². The van der Waals surface area contributed by atoms with Gasteiger partial charge in [-0.15, -0.1) is 0 Å². The van der Waals surface area contributed by atoms with Crippen molar-refractivity contribution in [1.29, 1.82) is 0 Å². The number of hydrogen-bond donors (Lipinski definition) is 1. The van der Waals surface area contributed by atoms with E-state index in [2.05, 4.69) is 13.8 Å². The van der Waals surface area contributed by atoms with E-state index in [9.17, 15) is 4.79 Å². The van der Waals surface area contributed by atoms with Crippen molar-refractivity contribution in [3.63, 3.8) is 0 Å². The number of carbonyl (C=O) groups is 1. The van der Waals surface area contributed by atoms with Gasteiger partial charge in [0, 0.05) is 5.56 Å². The quantitative estimate of drug-likeness (QED) is 0.833. The molecular weight excluding hydrogens is 204 g/mol. The number of benzene rings is 1. The molecular formula is C13H18O3. The van der Waals surface area contributed by atoms with Crippen molar-refractivity contribution < 1.29 is 14.6 Å². The Hall–Kier alpha value is -1.51. The Kier molecular flexibility index (Phi) is 4.35. The molecule has 1 atom stereocenters. The zero-order chi connectivity index (χ0) is 12.1. The highest BCUT2D eigenvalue weighted by atomic mass is 16.5. The fraction of sp³-hybridized carbons (Fsp3) is 0.462. The van der Waals surface area contributed by atoms with E-state index in [0.29, 0.717) is 11.7 Å². The minimum Gasteiger partial charge on any atom is -0.496 e. The summed E-state index contributed by atoms with van der Waals surface area (Å²) >= 11 is 0. The first-order valence-corrected chi connectivity index (χ1v) is 5.47. The van der Waals surface area contributed by atoms with Crippen LogP contribution in [0.15, 0.2) is 18.2 Å². The number of carboxylic acid groups (broad SMARTS) is 1. The first-order chi connectivity index (χ1) is 7.58. The monoisotopic (exact) mass is 222 g/mol. The summed E-state index contributed by atoms with van der Waals surface area (Å²) in [6, 6.07) is 5.78. The molecule has 0 aliphatic heterocycles. The van der Waals surface area contributed by atoms with E-state index in [1.165, 1.54) is 5.56 Å². The number of carboxylic acids is 1. The number of ether oxygens (including phenoxy) is 1. The fourth-order valence-corrected chi connectivity index (χ4v) is 1.64. The van der Waals surface area contributed by atoms with Crippen LogP contribution in [0.3, 0.4) is 0 Å². The zero-order valence-electron chi connectivity index (χ0n) is 9.99. The molecule has 0 aliphatic carbocycles. The summed E-state index contributed by atoms with van der Waals surface area (Å²) in [5.74, 6) is 0.257. The summed E-state index contributed by atoms with van der Waals surface area (Å²) in [5, 5.41) is 8.82. The average molecular weight is 222 g/mol. The predicted molar refractivity (Wildman–Crippen MR) is 63.0 cm³/mol. The Morgan fingerprint density at radius 1 is 1.50 bits per heavy atom. The molecule has 88 valence electrons. The summed E-state index contributed by atoms with van der Waals surface area (Å²) in [6.45, 7) is 4.25. The number of aliphatic carboxylic acids is 1. The van der Waals surface area contributed by atoms with Crippen molar-refractivity contribution in [2.45, 2.75) is 32.6 Å². The van der Waals surface area contributed by atoms with Crippen LogP contribution in [0.5, 0.6) is 5.75 Å². The molecule has 1 unspecified atom stereocenters. The normalized spacial score (nSPS) is 12.2. The summed E-state index contributed by atoms with van der Waals surface area (Å²) in [7, 11) is 1.56. The molecule has 0 heterocycles. The first kappa shape index (κ1) is 12.6. The standard InChI is InChI=1S/C13H18O3/c1-4-9(2)10-5-6-12(16-3)11(7-10)8-13(14)15/h5-7,9H,4,8H2,1-3H3,(H,14,15). The molecule has 1 rings (SSSR count). The van der Waals surface area contributed by atoms with Gasteiger partial charge < -0.3 is 9.84 Å². The van der Waals surface area contributed by atoms with Crippen LogP contribution in [0, 0.1) is 0 Å². The Balaban J connectivity index is 3.05. The van der Waals surface area contributed by atoms with E-state index >= 15 is 0 Å². The van der Waals surface area contributed by atoms with Crippen molar-refractivity contribution in [3.8, 4) is 5.75 Å². The van der Waals surface area contributed by atoms with Gasteiger partial charge in [-0.2, -0.15) is 0 Å². The van der Waals surface area contributed by atoms with Crippen LogP contribution in [-0.2, 0) is 11.2 Å². The third-order valence-corrected chi connectivity index (χ3v) is 2.83. The molecule has 0 saturated heterocycles. The lowest BCUT2D eigenvalue weighted by Crippen LogP contribution is -2.04. The molecule has 1 aromatic rings. The Morgan fingerprint density at radius 2 is 2.19 bits per heavy atom. The van der Waals surface area contributed by atoms with Gasteiger partial charge in [-0.25, -0.2) is 0 Å². The van der Waals surface area contributed by atoms with Crippen LogP contribution in [0.2, 0.25) is 0 Å². The second-order valence-corrected chi connectivity index (χ2v) is 3.95. The van der Waals surface area contributed by atoms with E-state index in [1.807, 2.05) is 18.2 Å². The number of methoxy groups -OCH3 is 1. The second kappa shape index (κ2) is 5.54. The first-order valence-electron chi connectivity index (χ1n) is 5.47. The number of rotatable bonds is 5. The van der Waals surface area contributed by atoms with Crippen LogP contribution in [-0.4, -0.2) is 18.2 Å². The van der Waals surface area contributed by atoms with E-state index < -0.39 is 5.97 Å². The molecule has 0 fully saturated rings. The van der Waals surface area contributed by atoms with Gasteiger partial charge >= 0.3 is 5.97 Å². The van der Waals surface area contributed by atoms with Crippen LogP contribution >= 0.6 is 0 Å². The maximum absolute atomic E-state index is 10.7. The molecule has 3 nitrogen and oxygen atoms in total. The SMILES string of the molecule is CCC(C)c1ccc(OC)c(CC(=O)O)c1. The van der Waals surface area contributed by atoms with Gasteiger partial charge in [0.1, 0.15) is 5.75 Å². The maximum Gasteiger partial charge on any atom is 0.307 e. The van der Waals surface area contributed by atoms with Gasteiger partial charge in [0.15, 0.2) is 0 Å². The summed E-state index contributed by atoms with van der Waals surface area (Å²) in [5.41, 5.74) is 1.91. The van der Waals surface area contributed by atoms with Crippen LogP contribution in [0.25, 0.3) is 0 Å². The smallest absolute Gasteiger partial charge is 0.307 e. The predicted octanol–water partition coefficient (Wildman–Crippen LogP) is 2.84. The minimum atomic E-state index is -0.834. The lowest BCUT2D eigenvalue weighted by Gasteiger charge is -2.13. The average Bonchev–Trinajstić information content (AvgIpc) is 2.27. The van der Waals surface area contributed by atoms with Gasteiger partial charge in [-0.3, -0.25) is 4.79 Å². The van der Waals surface area contributed by atoms with Gasteiger partial charge in [0.2, 0.25) is 0 Å². The van der Waals surface area contributed by atoms with Crippen LogP contribution in [0.4, 0.5) is 0 Å². The molecule has 0 aromatic heterocycles. The Labute approximate surface area is 96.1 Å². The molecule has 16 heavy (non-hydrogen) atoms. The van der Waals surface area contributed by atoms with Crippen molar-refractivity contribution in [2.75, 3.05) is 7.11 Å². The fourth-order valence-electron chi connectivity index (χ4n) is 1.64. The molecule has 0 amide bonds. The van der Waals surface area contributed by atoms with E-state index in [1.54, 1.807) is 7.11 Å². The molecule has 0 radical (unpaired) electrons. The lowest BCUT2D eigenvalue weighted by atomic mass is 9.95. The van der Waals surface area contributed by atoms with Gasteiger partial charge in [-0.05, 0) is 24.0 Å². The Bertz CT molecular complexity index is 371. The number of hydrogen-bond acceptors (Lipinski definition) is 2. The largest absolute Gasteiger partial charge is 0.496 e. The van der Waals surface area contributed by atoms with E-state index in [4.69, 9.17) is 9.84 Å². The highest BCUT2D eigenvalue weighted by Crippen LogP contribution is 2.26. The molecule has 0 spiro atoms. The molecule has 0 aliphatic rings. The van der Waals surface area contributed by atoms with Gasteiger partial charge in [0.25, 0.3) is 0 Å². The summed E-state index contributed by atoms with van der Waals surface area (Å²) in [6.07, 6.45) is 1.05. The highest BCUT2D eigenvalue weighted by Gasteiger charge is 2.11. The van der Waals surface area contributed by atoms with Crippen molar-refractivity contribution in [2.24, 2.45) is 0 Å². The molecule has 3 heteroatoms. The maximum atomic E-state index is 10.7. The third kappa shape index (κ3) is 2.99. The second-order valence-electron chi connectivity index (χ2n) is 3.95. The summed E-state index contributed by atoms with van der Waals surface area (Å²) < 4.78 is 5.15. The van der Waals surface area contributed by atoms with E-state index in [0.717, 1.165) is 12.0 Å². The molecule has 0 saturated carbocycles. The topological polar surface area (TPSA) is 46.5 Å². The van der Waals surface area contributed by atoms with Crippen molar-refractivity contribution in [3.05, 3.63) is 29.3 Å². The molecule has 1 aromatic carbocycles. The minimum absolute atomic E-state index is 0.00739. The highest BCUT2D eigenvalue weighted by molar-refractivity contribution is 5.71.